The maximum absolute atomic E-state index is 13.6. The summed E-state index contributed by atoms with van der Waals surface area (Å²) in [6.45, 7) is 5.67. The Hall–Kier alpha value is -3.48. The first-order valence-corrected chi connectivity index (χ1v) is 14.0. The summed E-state index contributed by atoms with van der Waals surface area (Å²) in [5, 5.41) is 6.23. The molecule has 0 aliphatic carbocycles. The molecule has 2 N–H and O–H groups in total. The molecule has 2 amide bonds. The molecule has 1 atom stereocenters. The van der Waals surface area contributed by atoms with Crippen LogP contribution in [0.5, 0.6) is 0 Å². The summed E-state index contributed by atoms with van der Waals surface area (Å²) in [4.78, 5) is 47.6. The monoisotopic (exact) mass is 604 g/mol. The van der Waals surface area contributed by atoms with Gasteiger partial charge in [0, 0.05) is 62.4 Å². The smallest absolute Gasteiger partial charge is 0.348 e. The van der Waals surface area contributed by atoms with Gasteiger partial charge >= 0.3 is 6.18 Å². The van der Waals surface area contributed by atoms with Crippen LogP contribution in [0.3, 0.4) is 0 Å². The maximum Gasteiger partial charge on any atom is 0.405 e. The molecule has 1 unspecified atom stereocenters. The number of likely N-dealkylation sites (tertiary alicyclic amines) is 1. The predicted molar refractivity (Wildman–Crippen MR) is 152 cm³/mol. The van der Waals surface area contributed by atoms with Crippen molar-refractivity contribution in [2.75, 3.05) is 32.7 Å². The van der Waals surface area contributed by atoms with Crippen LogP contribution in [-0.4, -0.2) is 76.1 Å². The lowest BCUT2D eigenvalue weighted by Crippen LogP contribution is -2.56. The fourth-order valence-electron chi connectivity index (χ4n) is 5.42. The van der Waals surface area contributed by atoms with Gasteiger partial charge in [0.15, 0.2) is 0 Å². The number of nitrogens with zero attached hydrogens (tertiary/aromatic N) is 4. The number of hydrogen-bond donors (Lipinski definition) is 2. The van der Waals surface area contributed by atoms with E-state index in [1.165, 1.54) is 16.8 Å². The van der Waals surface area contributed by atoms with Crippen molar-refractivity contribution in [3.8, 4) is 0 Å². The first-order valence-electron chi connectivity index (χ1n) is 13.6. The molecule has 2 saturated heterocycles. The third kappa shape index (κ3) is 6.77. The van der Waals surface area contributed by atoms with E-state index in [0.29, 0.717) is 35.6 Å². The summed E-state index contributed by atoms with van der Waals surface area (Å²) in [7, 11) is 0. The van der Waals surface area contributed by atoms with E-state index < -0.39 is 23.7 Å². The van der Waals surface area contributed by atoms with Crippen LogP contribution in [0.15, 0.2) is 47.4 Å². The molecule has 1 aromatic carbocycles. The Labute approximate surface area is 245 Å². The minimum atomic E-state index is -4.36. The standard InChI is InChI=1S/C29H32ClF3N6O3/c1-28(2)16-38(17-28)24(40)15-39-25-20(9-19(12-35-25)13-37-8-7-34-23(14-37)29(31,32)33)10-22(27(39)42)26(41)36-11-18-3-5-21(30)6-4-18/h3-6,9-10,12,23,34H,7-8,11,13-17H2,1-2H3,(H,36,41). The summed E-state index contributed by atoms with van der Waals surface area (Å²) in [6.07, 6.45) is -2.86. The molecule has 3 aromatic rings. The zero-order valence-corrected chi connectivity index (χ0v) is 24.1. The number of hydrogen-bond acceptors (Lipinski definition) is 6. The summed E-state index contributed by atoms with van der Waals surface area (Å²) < 4.78 is 41.0. The number of carbonyl (C=O) groups is 2. The number of alkyl halides is 3. The van der Waals surface area contributed by atoms with E-state index in [1.54, 1.807) is 40.1 Å². The molecule has 13 heteroatoms. The van der Waals surface area contributed by atoms with Crippen LogP contribution in [0.25, 0.3) is 11.0 Å². The third-order valence-electron chi connectivity index (χ3n) is 7.54. The molecule has 2 aliphatic heterocycles. The van der Waals surface area contributed by atoms with Gasteiger partial charge in [-0.05, 0) is 40.8 Å². The molecule has 0 bridgehead atoms. The van der Waals surface area contributed by atoms with Gasteiger partial charge in [-0.25, -0.2) is 4.98 Å². The van der Waals surface area contributed by atoms with Crippen LogP contribution < -0.4 is 16.2 Å². The van der Waals surface area contributed by atoms with E-state index in [2.05, 4.69) is 15.6 Å². The Bertz CT molecular complexity index is 1550. The molecular formula is C29H32ClF3N6O3. The average molecular weight is 605 g/mol. The second-order valence-electron chi connectivity index (χ2n) is 11.7. The van der Waals surface area contributed by atoms with Crippen molar-refractivity contribution in [2.24, 2.45) is 5.41 Å². The third-order valence-corrected chi connectivity index (χ3v) is 7.79. The second kappa shape index (κ2) is 11.7. The summed E-state index contributed by atoms with van der Waals surface area (Å²) in [5.41, 5.74) is 0.806. The van der Waals surface area contributed by atoms with Gasteiger partial charge in [0.1, 0.15) is 23.8 Å². The lowest BCUT2D eigenvalue weighted by atomic mass is 9.84. The van der Waals surface area contributed by atoms with Crippen LogP contribution in [0, 0.1) is 5.41 Å². The lowest BCUT2D eigenvalue weighted by Gasteiger charge is -2.45. The van der Waals surface area contributed by atoms with Crippen molar-refractivity contribution >= 4 is 34.4 Å². The Morgan fingerprint density at radius 2 is 1.86 bits per heavy atom. The Kier molecular flexibility index (Phi) is 8.32. The average Bonchev–Trinajstić information content (AvgIpc) is 2.92. The number of nitrogens with one attached hydrogen (secondary N) is 2. The first kappa shape index (κ1) is 30.0. The molecule has 0 spiro atoms. The highest BCUT2D eigenvalue weighted by Gasteiger charge is 2.42. The van der Waals surface area contributed by atoms with Crippen molar-refractivity contribution in [1.29, 1.82) is 0 Å². The van der Waals surface area contributed by atoms with Gasteiger partial charge < -0.3 is 15.5 Å². The number of carbonyl (C=O) groups excluding carboxylic acids is 2. The molecular weight excluding hydrogens is 573 g/mol. The minimum absolute atomic E-state index is 0.00562. The van der Waals surface area contributed by atoms with Crippen molar-refractivity contribution in [2.45, 2.75) is 45.7 Å². The number of piperazine rings is 1. The number of aromatic nitrogens is 2. The zero-order valence-electron chi connectivity index (χ0n) is 23.3. The van der Waals surface area contributed by atoms with E-state index in [9.17, 15) is 27.6 Å². The summed E-state index contributed by atoms with van der Waals surface area (Å²) in [6, 6.07) is 8.40. The number of halogens is 4. The van der Waals surface area contributed by atoms with Crippen LogP contribution in [-0.2, 0) is 24.4 Å². The van der Waals surface area contributed by atoms with Crippen molar-refractivity contribution in [1.82, 2.24) is 30.0 Å². The normalized spacial score (nSPS) is 19.0. The van der Waals surface area contributed by atoms with Gasteiger partial charge in [-0.2, -0.15) is 13.2 Å². The van der Waals surface area contributed by atoms with Crippen LogP contribution in [0.1, 0.15) is 35.3 Å². The molecule has 2 fully saturated rings. The molecule has 0 radical (unpaired) electrons. The number of fused-ring (bicyclic) bond motifs is 1. The van der Waals surface area contributed by atoms with Gasteiger partial charge in [0.2, 0.25) is 5.91 Å². The van der Waals surface area contributed by atoms with E-state index in [4.69, 9.17) is 11.6 Å². The van der Waals surface area contributed by atoms with Crippen LogP contribution in [0.2, 0.25) is 5.02 Å². The highest BCUT2D eigenvalue weighted by molar-refractivity contribution is 6.30. The number of rotatable bonds is 7. The zero-order chi connectivity index (χ0) is 30.2. The molecule has 42 heavy (non-hydrogen) atoms. The van der Waals surface area contributed by atoms with Gasteiger partial charge in [0.05, 0.1) is 0 Å². The lowest BCUT2D eigenvalue weighted by molar-refractivity contribution is -0.165. The number of amides is 2. The summed E-state index contributed by atoms with van der Waals surface area (Å²) in [5.74, 6) is -0.884. The number of pyridine rings is 2. The van der Waals surface area contributed by atoms with Gasteiger partial charge in [-0.15, -0.1) is 0 Å². The molecule has 4 heterocycles. The highest BCUT2D eigenvalue weighted by atomic mass is 35.5. The van der Waals surface area contributed by atoms with Crippen molar-refractivity contribution in [3.63, 3.8) is 0 Å². The molecule has 2 aliphatic rings. The summed E-state index contributed by atoms with van der Waals surface area (Å²) >= 11 is 5.93. The van der Waals surface area contributed by atoms with Crippen LogP contribution in [0.4, 0.5) is 13.2 Å². The van der Waals surface area contributed by atoms with Crippen LogP contribution >= 0.6 is 11.6 Å². The highest BCUT2D eigenvalue weighted by Crippen LogP contribution is 2.29. The largest absolute Gasteiger partial charge is 0.405 e. The topological polar surface area (TPSA) is 99.6 Å². The maximum atomic E-state index is 13.6. The fourth-order valence-corrected chi connectivity index (χ4v) is 5.54. The Morgan fingerprint density at radius 3 is 2.52 bits per heavy atom. The van der Waals surface area contributed by atoms with Gasteiger partial charge in [-0.3, -0.25) is 23.9 Å². The second-order valence-corrected chi connectivity index (χ2v) is 12.1. The number of benzene rings is 1. The predicted octanol–water partition coefficient (Wildman–Crippen LogP) is 3.18. The van der Waals surface area contributed by atoms with E-state index in [0.717, 1.165) is 5.56 Å². The van der Waals surface area contributed by atoms with Crippen molar-refractivity contribution < 1.29 is 22.8 Å². The molecule has 5 rings (SSSR count). The van der Waals surface area contributed by atoms with Gasteiger partial charge in [-0.1, -0.05) is 37.6 Å². The van der Waals surface area contributed by atoms with E-state index in [-0.39, 0.29) is 55.3 Å². The Morgan fingerprint density at radius 1 is 1.14 bits per heavy atom. The SMILES string of the molecule is CC1(C)CN(C(=O)Cn2c(=O)c(C(=O)NCc3ccc(Cl)cc3)cc3cc(CN4CCNC(C(F)(F)F)C4)cnc32)C1. The quantitative estimate of drug-likeness (QED) is 0.430. The van der Waals surface area contributed by atoms with E-state index >= 15 is 0 Å². The molecule has 2 aromatic heterocycles. The van der Waals surface area contributed by atoms with E-state index in [1.807, 2.05) is 13.8 Å². The van der Waals surface area contributed by atoms with Gasteiger partial charge in [0.25, 0.3) is 11.5 Å². The molecule has 0 saturated carbocycles. The molecule has 224 valence electrons. The minimum Gasteiger partial charge on any atom is -0.348 e. The fraction of sp³-hybridized carbons (Fsp3) is 0.448. The van der Waals surface area contributed by atoms with Crippen molar-refractivity contribution in [3.05, 3.63) is 74.7 Å². The first-order chi connectivity index (χ1) is 19.8. The molecule has 9 nitrogen and oxygen atoms in total. The Balaban J connectivity index is 1.44.